The molecule has 0 heterocycles. The maximum atomic E-state index is 13.0. The summed E-state index contributed by atoms with van der Waals surface area (Å²) in [5, 5.41) is 2.71. The van der Waals surface area contributed by atoms with Gasteiger partial charge in [-0.15, -0.1) is 0 Å². The molecule has 1 aromatic carbocycles. The molecule has 0 saturated carbocycles. The van der Waals surface area contributed by atoms with Gasteiger partial charge in [0.2, 0.25) is 5.91 Å². The fourth-order valence-corrected chi connectivity index (χ4v) is 2.36. The third-order valence-electron chi connectivity index (χ3n) is 2.36. The van der Waals surface area contributed by atoms with Gasteiger partial charge < -0.3 is 11.1 Å². The van der Waals surface area contributed by atoms with Crippen molar-refractivity contribution in [2.24, 2.45) is 0 Å². The molecule has 1 amide bonds. The van der Waals surface area contributed by atoms with Gasteiger partial charge in [-0.3, -0.25) is 4.79 Å². The van der Waals surface area contributed by atoms with E-state index in [4.69, 9.17) is 5.73 Å². The third kappa shape index (κ3) is 6.47. The number of carbonyl (C=O) groups excluding carboxylic acids is 1. The summed E-state index contributed by atoms with van der Waals surface area (Å²) in [6.07, 6.45) is 1.28. The number of nitrogen functional groups attached to an aromatic ring is 1. The van der Waals surface area contributed by atoms with E-state index in [1.165, 1.54) is 18.2 Å². The normalized spacial score (nSPS) is 11.4. The minimum absolute atomic E-state index is 0.0427. The van der Waals surface area contributed by atoms with Crippen LogP contribution in [0.3, 0.4) is 0 Å². The van der Waals surface area contributed by atoms with Gasteiger partial charge in [0.1, 0.15) is 5.82 Å². The van der Waals surface area contributed by atoms with E-state index in [9.17, 15) is 9.18 Å². The Morgan fingerprint density at radius 2 is 2.11 bits per heavy atom. The standard InChI is InChI=1S/C14H21FN2OS/c1-14(2,3)19-8-4-5-13(18)17-10-6-7-11(15)12(16)9-10/h6-7,9H,4-5,8,16H2,1-3H3,(H,17,18). The average molecular weight is 284 g/mol. The van der Waals surface area contributed by atoms with Gasteiger partial charge in [-0.05, 0) is 30.4 Å². The first-order valence-electron chi connectivity index (χ1n) is 6.27. The number of nitrogens with one attached hydrogen (secondary N) is 1. The van der Waals surface area contributed by atoms with Crippen molar-refractivity contribution in [1.82, 2.24) is 0 Å². The lowest BCUT2D eigenvalue weighted by Crippen LogP contribution is -2.13. The van der Waals surface area contributed by atoms with E-state index >= 15 is 0 Å². The molecule has 3 nitrogen and oxygen atoms in total. The van der Waals surface area contributed by atoms with Crippen LogP contribution in [-0.2, 0) is 4.79 Å². The Hall–Kier alpha value is -1.23. The summed E-state index contributed by atoms with van der Waals surface area (Å²) in [6, 6.07) is 4.19. The third-order valence-corrected chi connectivity index (χ3v) is 3.72. The summed E-state index contributed by atoms with van der Waals surface area (Å²) in [4.78, 5) is 11.7. The van der Waals surface area contributed by atoms with Crippen molar-refractivity contribution in [3.63, 3.8) is 0 Å². The summed E-state index contributed by atoms with van der Waals surface area (Å²) >= 11 is 1.84. The van der Waals surface area contributed by atoms with Crippen LogP contribution in [0.2, 0.25) is 0 Å². The first kappa shape index (κ1) is 15.8. The van der Waals surface area contributed by atoms with Gasteiger partial charge in [0.15, 0.2) is 0 Å². The molecule has 0 fully saturated rings. The monoisotopic (exact) mass is 284 g/mol. The topological polar surface area (TPSA) is 55.1 Å². The van der Waals surface area contributed by atoms with Gasteiger partial charge in [-0.2, -0.15) is 11.8 Å². The second-order valence-corrected chi connectivity index (χ2v) is 7.27. The molecule has 5 heteroatoms. The van der Waals surface area contributed by atoms with Crippen molar-refractivity contribution < 1.29 is 9.18 Å². The molecular formula is C14H21FN2OS. The van der Waals surface area contributed by atoms with E-state index < -0.39 is 5.82 Å². The highest BCUT2D eigenvalue weighted by Gasteiger charge is 2.10. The number of amides is 1. The van der Waals surface area contributed by atoms with Crippen LogP contribution in [0.15, 0.2) is 18.2 Å². The number of rotatable bonds is 5. The van der Waals surface area contributed by atoms with E-state index in [-0.39, 0.29) is 16.3 Å². The highest BCUT2D eigenvalue weighted by atomic mass is 32.2. The van der Waals surface area contributed by atoms with Crippen molar-refractivity contribution in [2.45, 2.75) is 38.4 Å². The Morgan fingerprint density at radius 1 is 1.42 bits per heavy atom. The number of carbonyl (C=O) groups is 1. The Morgan fingerprint density at radius 3 is 2.68 bits per heavy atom. The Bertz CT molecular complexity index is 444. The van der Waals surface area contributed by atoms with Crippen LogP contribution in [0.4, 0.5) is 15.8 Å². The van der Waals surface area contributed by atoms with E-state index in [1.54, 1.807) is 0 Å². The van der Waals surface area contributed by atoms with Crippen LogP contribution in [-0.4, -0.2) is 16.4 Å². The van der Waals surface area contributed by atoms with Crippen molar-refractivity contribution in [1.29, 1.82) is 0 Å². The molecule has 0 saturated heterocycles. The Labute approximate surface area is 118 Å². The van der Waals surface area contributed by atoms with E-state index in [0.717, 1.165) is 12.2 Å². The molecule has 1 rings (SSSR count). The zero-order valence-corrected chi connectivity index (χ0v) is 12.4. The maximum absolute atomic E-state index is 13.0. The second kappa shape index (κ2) is 6.80. The van der Waals surface area contributed by atoms with Crippen molar-refractivity contribution in [2.75, 3.05) is 16.8 Å². The van der Waals surface area contributed by atoms with Gasteiger partial charge >= 0.3 is 0 Å². The maximum Gasteiger partial charge on any atom is 0.224 e. The first-order valence-corrected chi connectivity index (χ1v) is 7.25. The first-order chi connectivity index (χ1) is 8.78. The van der Waals surface area contributed by atoms with Gasteiger partial charge in [-0.1, -0.05) is 20.8 Å². The SMILES string of the molecule is CC(C)(C)SCCCC(=O)Nc1ccc(F)c(N)c1. The molecule has 1 aromatic rings. The number of anilines is 2. The zero-order chi connectivity index (χ0) is 14.5. The number of hydrogen-bond donors (Lipinski definition) is 2. The van der Waals surface area contributed by atoms with Crippen molar-refractivity contribution >= 4 is 29.0 Å². The minimum Gasteiger partial charge on any atom is -0.396 e. The predicted octanol–water partition coefficient (Wildman–Crippen LogP) is 3.66. The highest BCUT2D eigenvalue weighted by Crippen LogP contribution is 2.24. The van der Waals surface area contributed by atoms with Crippen molar-refractivity contribution in [3.05, 3.63) is 24.0 Å². The molecule has 106 valence electrons. The number of nitrogens with two attached hydrogens (primary N) is 1. The van der Waals surface area contributed by atoms with Crippen LogP contribution in [0, 0.1) is 5.82 Å². The quantitative estimate of drug-likeness (QED) is 0.641. The predicted molar refractivity (Wildman–Crippen MR) is 80.9 cm³/mol. The van der Waals surface area contributed by atoms with Gasteiger partial charge in [0, 0.05) is 16.9 Å². The smallest absolute Gasteiger partial charge is 0.224 e. The molecule has 0 aliphatic rings. The fourth-order valence-electron chi connectivity index (χ4n) is 1.46. The lowest BCUT2D eigenvalue weighted by atomic mass is 10.2. The number of thioether (sulfide) groups is 1. The number of benzene rings is 1. The molecule has 0 bridgehead atoms. The molecule has 0 aliphatic carbocycles. The summed E-state index contributed by atoms with van der Waals surface area (Å²) < 4.78 is 13.2. The molecule has 0 radical (unpaired) electrons. The van der Waals surface area contributed by atoms with Crippen LogP contribution in [0.1, 0.15) is 33.6 Å². The van der Waals surface area contributed by atoms with Gasteiger partial charge in [-0.25, -0.2) is 4.39 Å². The number of hydrogen-bond acceptors (Lipinski definition) is 3. The Kier molecular flexibility index (Phi) is 5.66. The highest BCUT2D eigenvalue weighted by molar-refractivity contribution is 8.00. The molecular weight excluding hydrogens is 263 g/mol. The summed E-state index contributed by atoms with van der Waals surface area (Å²) in [6.45, 7) is 6.46. The molecule has 0 aliphatic heterocycles. The summed E-state index contributed by atoms with van der Waals surface area (Å²) in [5.74, 6) is 0.405. The molecule has 0 atom stereocenters. The largest absolute Gasteiger partial charge is 0.396 e. The van der Waals surface area contributed by atoms with Crippen LogP contribution >= 0.6 is 11.8 Å². The Balaban J connectivity index is 2.33. The van der Waals surface area contributed by atoms with Crippen LogP contribution in [0.5, 0.6) is 0 Å². The number of halogens is 1. The van der Waals surface area contributed by atoms with E-state index in [2.05, 4.69) is 26.1 Å². The fraction of sp³-hybridized carbons (Fsp3) is 0.500. The van der Waals surface area contributed by atoms with Gasteiger partial charge in [0.25, 0.3) is 0 Å². The van der Waals surface area contributed by atoms with E-state index in [0.29, 0.717) is 12.1 Å². The molecule has 0 spiro atoms. The zero-order valence-electron chi connectivity index (χ0n) is 11.6. The van der Waals surface area contributed by atoms with Crippen LogP contribution in [0.25, 0.3) is 0 Å². The van der Waals surface area contributed by atoms with E-state index in [1.807, 2.05) is 11.8 Å². The van der Waals surface area contributed by atoms with Crippen molar-refractivity contribution in [3.8, 4) is 0 Å². The van der Waals surface area contributed by atoms with Crippen LogP contribution < -0.4 is 11.1 Å². The lowest BCUT2D eigenvalue weighted by Gasteiger charge is -2.17. The molecule has 0 aromatic heterocycles. The molecule has 19 heavy (non-hydrogen) atoms. The summed E-state index contributed by atoms with van der Waals surface area (Å²) in [5.41, 5.74) is 6.01. The molecule has 0 unspecified atom stereocenters. The minimum atomic E-state index is -0.473. The lowest BCUT2D eigenvalue weighted by molar-refractivity contribution is -0.116. The summed E-state index contributed by atoms with van der Waals surface area (Å²) in [7, 11) is 0. The average Bonchev–Trinajstić information content (AvgIpc) is 2.28. The van der Waals surface area contributed by atoms with Gasteiger partial charge in [0.05, 0.1) is 5.69 Å². The second-order valence-electron chi connectivity index (χ2n) is 5.35. The molecule has 3 N–H and O–H groups in total.